The minimum absolute atomic E-state index is 0.232. The second kappa shape index (κ2) is 7.80. The first kappa shape index (κ1) is 18.2. The lowest BCUT2D eigenvalue weighted by Crippen LogP contribution is -2.25. The summed E-state index contributed by atoms with van der Waals surface area (Å²) in [6.07, 6.45) is 5.39. The van der Waals surface area contributed by atoms with Gasteiger partial charge in [-0.3, -0.25) is 4.79 Å². The number of halogens is 1. The van der Waals surface area contributed by atoms with E-state index in [2.05, 4.69) is 15.4 Å². The number of nitrogens with zero attached hydrogens (tertiary/aromatic N) is 3. The Kier molecular flexibility index (Phi) is 5.06. The summed E-state index contributed by atoms with van der Waals surface area (Å²) >= 11 is 0. The van der Waals surface area contributed by atoms with Crippen LogP contribution in [0, 0.1) is 5.82 Å². The zero-order chi connectivity index (χ0) is 19.5. The van der Waals surface area contributed by atoms with Crippen molar-refractivity contribution in [1.82, 2.24) is 20.1 Å². The van der Waals surface area contributed by atoms with Gasteiger partial charge in [0.1, 0.15) is 5.82 Å². The van der Waals surface area contributed by atoms with Gasteiger partial charge in [-0.05, 0) is 56.0 Å². The number of carbonyl (C=O) groups is 1. The molecule has 0 fully saturated rings. The lowest BCUT2D eigenvalue weighted by Gasteiger charge is -2.14. The molecule has 6 nitrogen and oxygen atoms in total. The summed E-state index contributed by atoms with van der Waals surface area (Å²) < 4.78 is 20.3. The molecule has 2 heterocycles. The van der Waals surface area contributed by atoms with E-state index < -0.39 is 0 Å². The predicted octanol–water partition coefficient (Wildman–Crippen LogP) is 3.22. The van der Waals surface area contributed by atoms with E-state index >= 15 is 0 Å². The van der Waals surface area contributed by atoms with E-state index in [4.69, 9.17) is 4.74 Å². The van der Waals surface area contributed by atoms with Crippen molar-refractivity contribution in [2.45, 2.75) is 32.2 Å². The van der Waals surface area contributed by atoms with Crippen LogP contribution in [-0.4, -0.2) is 27.8 Å². The van der Waals surface area contributed by atoms with E-state index in [1.807, 2.05) is 6.07 Å². The van der Waals surface area contributed by atoms with Gasteiger partial charge in [-0.15, -0.1) is 0 Å². The molecule has 0 saturated heterocycles. The normalized spacial score (nSPS) is 13.1. The van der Waals surface area contributed by atoms with Crippen LogP contribution in [-0.2, 0) is 19.4 Å². The molecule has 4 rings (SSSR count). The van der Waals surface area contributed by atoms with Crippen LogP contribution >= 0.6 is 0 Å². The topological polar surface area (TPSA) is 69.0 Å². The highest BCUT2D eigenvalue weighted by Crippen LogP contribution is 2.27. The van der Waals surface area contributed by atoms with Gasteiger partial charge in [-0.2, -0.15) is 5.10 Å². The lowest BCUT2D eigenvalue weighted by molar-refractivity contribution is 0.0944. The first-order valence-electron chi connectivity index (χ1n) is 9.30. The molecule has 3 aromatic rings. The molecule has 2 aromatic heterocycles. The molecule has 0 atom stereocenters. The van der Waals surface area contributed by atoms with Crippen LogP contribution in [0.25, 0.3) is 5.69 Å². The van der Waals surface area contributed by atoms with Crippen molar-refractivity contribution in [2.24, 2.45) is 0 Å². The van der Waals surface area contributed by atoms with Gasteiger partial charge >= 0.3 is 0 Å². The maximum atomic E-state index is 13.3. The van der Waals surface area contributed by atoms with E-state index in [0.29, 0.717) is 18.1 Å². The molecule has 1 aliphatic rings. The molecule has 144 valence electrons. The van der Waals surface area contributed by atoms with Crippen molar-refractivity contribution in [3.05, 3.63) is 70.9 Å². The summed E-state index contributed by atoms with van der Waals surface area (Å²) in [5.74, 6) is -0.0419. The summed E-state index contributed by atoms with van der Waals surface area (Å²) in [5.41, 5.74) is 3.99. The summed E-state index contributed by atoms with van der Waals surface area (Å²) in [4.78, 5) is 17.0. The number of ether oxygens (including phenoxy) is 1. The standard InChI is InChI=1S/C21H21FN4O2/c1-28-21-14(5-4-12-23-21)13-24-20(27)19-17-6-2-3-7-18(17)26(25-19)16-10-8-15(22)9-11-16/h4-5,8-12H,2-3,6-7,13H2,1H3,(H,24,27). The third-order valence-corrected chi connectivity index (χ3v) is 4.95. The fourth-order valence-corrected chi connectivity index (χ4v) is 3.58. The van der Waals surface area contributed by atoms with Crippen LogP contribution in [0.15, 0.2) is 42.6 Å². The summed E-state index contributed by atoms with van der Waals surface area (Å²) in [7, 11) is 1.55. The molecule has 1 aliphatic carbocycles. The Bertz CT molecular complexity index is 998. The Morgan fingerprint density at radius 3 is 2.79 bits per heavy atom. The van der Waals surface area contributed by atoms with Crippen molar-refractivity contribution < 1.29 is 13.9 Å². The Morgan fingerprint density at radius 2 is 2.00 bits per heavy atom. The average Bonchev–Trinajstić information content (AvgIpc) is 3.12. The maximum Gasteiger partial charge on any atom is 0.272 e. The van der Waals surface area contributed by atoms with Gasteiger partial charge in [-0.1, -0.05) is 6.07 Å². The second-order valence-corrected chi connectivity index (χ2v) is 6.72. The average molecular weight is 380 g/mol. The van der Waals surface area contributed by atoms with Crippen LogP contribution in [0.4, 0.5) is 4.39 Å². The van der Waals surface area contributed by atoms with Gasteiger partial charge in [0.25, 0.3) is 5.91 Å². The molecule has 0 unspecified atom stereocenters. The van der Waals surface area contributed by atoms with Gasteiger partial charge < -0.3 is 10.1 Å². The van der Waals surface area contributed by atoms with Crippen LogP contribution in [0.2, 0.25) is 0 Å². The number of aromatic nitrogens is 3. The largest absolute Gasteiger partial charge is 0.481 e. The summed E-state index contributed by atoms with van der Waals surface area (Å²) in [5, 5.41) is 7.50. The summed E-state index contributed by atoms with van der Waals surface area (Å²) in [6, 6.07) is 9.83. The van der Waals surface area contributed by atoms with Crippen molar-refractivity contribution in [2.75, 3.05) is 7.11 Å². The van der Waals surface area contributed by atoms with Crippen LogP contribution in [0.3, 0.4) is 0 Å². The molecule has 0 bridgehead atoms. The number of hydrogen-bond acceptors (Lipinski definition) is 4. The number of benzene rings is 1. The molecule has 7 heteroatoms. The molecular formula is C21H21FN4O2. The quantitative estimate of drug-likeness (QED) is 0.738. The van der Waals surface area contributed by atoms with Crippen LogP contribution in [0.5, 0.6) is 5.88 Å². The Morgan fingerprint density at radius 1 is 1.21 bits per heavy atom. The number of carbonyl (C=O) groups excluding carboxylic acids is 1. The molecule has 1 aromatic carbocycles. The van der Waals surface area contributed by atoms with E-state index in [1.165, 1.54) is 12.1 Å². The minimum Gasteiger partial charge on any atom is -0.481 e. The molecule has 0 aliphatic heterocycles. The number of pyridine rings is 1. The zero-order valence-electron chi connectivity index (χ0n) is 15.6. The monoisotopic (exact) mass is 380 g/mol. The Hall–Kier alpha value is -3.22. The smallest absolute Gasteiger partial charge is 0.272 e. The van der Waals surface area contributed by atoms with Gasteiger partial charge in [0.05, 0.1) is 12.8 Å². The first-order chi connectivity index (χ1) is 13.7. The van der Waals surface area contributed by atoms with E-state index in [1.54, 1.807) is 36.2 Å². The highest BCUT2D eigenvalue weighted by molar-refractivity contribution is 5.94. The highest BCUT2D eigenvalue weighted by Gasteiger charge is 2.25. The molecule has 0 saturated carbocycles. The van der Waals surface area contributed by atoms with Crippen molar-refractivity contribution in [3.63, 3.8) is 0 Å². The second-order valence-electron chi connectivity index (χ2n) is 6.72. The van der Waals surface area contributed by atoms with Crippen molar-refractivity contribution in [1.29, 1.82) is 0 Å². The van der Waals surface area contributed by atoms with Gasteiger partial charge in [-0.25, -0.2) is 14.1 Å². The maximum absolute atomic E-state index is 13.3. The van der Waals surface area contributed by atoms with E-state index in [-0.39, 0.29) is 11.7 Å². The number of amides is 1. The third kappa shape index (κ3) is 3.47. The van der Waals surface area contributed by atoms with Crippen LogP contribution < -0.4 is 10.1 Å². The van der Waals surface area contributed by atoms with E-state index in [9.17, 15) is 9.18 Å². The Balaban J connectivity index is 1.62. The van der Waals surface area contributed by atoms with Gasteiger partial charge in [0.15, 0.2) is 5.69 Å². The van der Waals surface area contributed by atoms with Gasteiger partial charge in [0.2, 0.25) is 5.88 Å². The minimum atomic E-state index is -0.298. The van der Waals surface area contributed by atoms with Crippen molar-refractivity contribution in [3.8, 4) is 11.6 Å². The first-order valence-corrected chi connectivity index (χ1v) is 9.30. The Labute approximate surface area is 162 Å². The number of nitrogens with one attached hydrogen (secondary N) is 1. The predicted molar refractivity (Wildman–Crippen MR) is 102 cm³/mol. The van der Waals surface area contributed by atoms with E-state index in [0.717, 1.165) is 48.2 Å². The number of methoxy groups -OCH3 is 1. The third-order valence-electron chi connectivity index (χ3n) is 4.95. The zero-order valence-corrected chi connectivity index (χ0v) is 15.6. The highest BCUT2D eigenvalue weighted by atomic mass is 19.1. The molecule has 0 spiro atoms. The number of hydrogen-bond donors (Lipinski definition) is 1. The molecule has 1 amide bonds. The summed E-state index contributed by atoms with van der Waals surface area (Å²) in [6.45, 7) is 0.300. The van der Waals surface area contributed by atoms with Crippen molar-refractivity contribution >= 4 is 5.91 Å². The fraction of sp³-hybridized carbons (Fsp3) is 0.286. The molecule has 0 radical (unpaired) electrons. The SMILES string of the molecule is COc1ncccc1CNC(=O)c1nn(-c2ccc(F)cc2)c2c1CCCC2. The number of fused-ring (bicyclic) bond motifs is 1. The van der Waals surface area contributed by atoms with Crippen LogP contribution in [0.1, 0.15) is 40.2 Å². The lowest BCUT2D eigenvalue weighted by atomic mass is 9.95. The molecule has 28 heavy (non-hydrogen) atoms. The fourth-order valence-electron chi connectivity index (χ4n) is 3.58. The van der Waals surface area contributed by atoms with Gasteiger partial charge in [0, 0.05) is 29.6 Å². The molecule has 1 N–H and O–H groups in total. The number of rotatable bonds is 5. The molecular weight excluding hydrogens is 359 g/mol.